The van der Waals surface area contributed by atoms with E-state index in [2.05, 4.69) is 45.3 Å². The zero-order chi connectivity index (χ0) is 18.5. The van der Waals surface area contributed by atoms with Crippen molar-refractivity contribution < 1.29 is 4.79 Å². The summed E-state index contributed by atoms with van der Waals surface area (Å²) < 4.78 is 1.87. The first-order chi connectivity index (χ1) is 12.6. The lowest BCUT2D eigenvalue weighted by molar-refractivity contribution is -0.128. The molecule has 0 unspecified atom stereocenters. The molecule has 7 heteroatoms. The van der Waals surface area contributed by atoms with Crippen molar-refractivity contribution in [2.24, 2.45) is 0 Å². The number of benzene rings is 1. The molecule has 1 aromatic carbocycles. The van der Waals surface area contributed by atoms with Crippen molar-refractivity contribution in [1.29, 1.82) is 0 Å². The number of amides is 1. The predicted molar refractivity (Wildman–Crippen MR) is 104 cm³/mol. The molecule has 0 atom stereocenters. The van der Waals surface area contributed by atoms with Gasteiger partial charge in [-0.1, -0.05) is 30.3 Å². The number of halogens is 1. The third-order valence-corrected chi connectivity index (χ3v) is 4.73. The van der Waals surface area contributed by atoms with Crippen molar-refractivity contribution >= 4 is 23.1 Å². The second-order valence-corrected chi connectivity index (χ2v) is 6.93. The minimum atomic E-state index is -0.00626. The molecular weight excluding hydrogens is 350 g/mol. The Morgan fingerprint density at radius 1 is 1.23 bits per heavy atom. The van der Waals surface area contributed by atoms with Gasteiger partial charge >= 0.3 is 0 Å². The molecule has 138 valence electrons. The highest BCUT2D eigenvalue weighted by atomic mass is 35.5. The Hall–Kier alpha value is -2.18. The van der Waals surface area contributed by atoms with Crippen molar-refractivity contribution in [3.05, 3.63) is 42.2 Å². The van der Waals surface area contributed by atoms with Crippen LogP contribution < -0.4 is 0 Å². The molecule has 2 heterocycles. The van der Waals surface area contributed by atoms with Crippen LogP contribution in [0, 0.1) is 0 Å². The van der Waals surface area contributed by atoms with Crippen molar-refractivity contribution in [1.82, 2.24) is 24.6 Å². The Kier molecular flexibility index (Phi) is 6.06. The minimum absolute atomic E-state index is 0.00626. The van der Waals surface area contributed by atoms with Gasteiger partial charge in [-0.15, -0.1) is 11.6 Å². The van der Waals surface area contributed by atoms with Crippen LogP contribution in [0.5, 0.6) is 0 Å². The Labute approximate surface area is 159 Å². The fourth-order valence-corrected chi connectivity index (χ4v) is 3.08. The molecule has 1 aliphatic rings. The number of carbonyl (C=O) groups excluding carboxylic acids is 1. The number of alkyl halides is 1. The standard InChI is InChI=1S/C19H24ClN5O/c1-23(2)11-12-25-14-21-19(22-25)17-5-3-15(4-6-17)16-7-9-24(10-8-16)18(26)13-20/h3-7,14H,8-13H2,1-2H3. The van der Waals surface area contributed by atoms with Crippen LogP contribution in [0.4, 0.5) is 0 Å². The minimum Gasteiger partial charge on any atom is -0.338 e. The summed E-state index contributed by atoms with van der Waals surface area (Å²) in [4.78, 5) is 20.0. The number of likely N-dealkylation sites (N-methyl/N-ethyl adjacent to an activating group) is 1. The average Bonchev–Trinajstić information content (AvgIpc) is 3.15. The molecule has 0 bridgehead atoms. The van der Waals surface area contributed by atoms with E-state index < -0.39 is 0 Å². The SMILES string of the molecule is CN(C)CCn1cnc(-c2ccc(C3=CCN(C(=O)CCl)CC3)cc2)n1. The van der Waals surface area contributed by atoms with Gasteiger partial charge in [-0.25, -0.2) is 4.98 Å². The van der Waals surface area contributed by atoms with Gasteiger partial charge in [-0.2, -0.15) is 5.10 Å². The highest BCUT2D eigenvalue weighted by molar-refractivity contribution is 6.27. The summed E-state index contributed by atoms with van der Waals surface area (Å²) in [5, 5.41) is 4.54. The molecule has 2 aromatic rings. The third kappa shape index (κ3) is 4.51. The number of carbonyl (C=O) groups is 1. The topological polar surface area (TPSA) is 54.3 Å². The monoisotopic (exact) mass is 373 g/mol. The van der Waals surface area contributed by atoms with Gasteiger partial charge in [0.25, 0.3) is 0 Å². The average molecular weight is 374 g/mol. The molecule has 1 aliphatic heterocycles. The largest absolute Gasteiger partial charge is 0.338 e. The van der Waals surface area contributed by atoms with Crippen LogP contribution >= 0.6 is 11.6 Å². The molecule has 0 aliphatic carbocycles. The lowest BCUT2D eigenvalue weighted by Gasteiger charge is -2.26. The summed E-state index contributed by atoms with van der Waals surface area (Å²) in [5.74, 6) is 0.784. The van der Waals surface area contributed by atoms with E-state index >= 15 is 0 Å². The molecule has 0 fully saturated rings. The maximum Gasteiger partial charge on any atom is 0.237 e. The van der Waals surface area contributed by atoms with E-state index in [4.69, 9.17) is 11.6 Å². The zero-order valence-corrected chi connectivity index (χ0v) is 16.0. The Morgan fingerprint density at radius 2 is 1.96 bits per heavy atom. The second kappa shape index (κ2) is 8.47. The van der Waals surface area contributed by atoms with Crippen LogP contribution in [0.15, 0.2) is 36.7 Å². The van der Waals surface area contributed by atoms with Crippen molar-refractivity contribution in [2.45, 2.75) is 13.0 Å². The summed E-state index contributed by atoms with van der Waals surface area (Å²) in [6.45, 7) is 3.10. The molecule has 0 saturated heterocycles. The first kappa shape index (κ1) is 18.6. The van der Waals surface area contributed by atoms with E-state index in [1.165, 1.54) is 11.1 Å². The molecule has 0 spiro atoms. The van der Waals surface area contributed by atoms with Crippen LogP contribution in [0.3, 0.4) is 0 Å². The quantitative estimate of drug-likeness (QED) is 0.729. The number of nitrogens with zero attached hydrogens (tertiary/aromatic N) is 5. The van der Waals surface area contributed by atoms with Crippen LogP contribution in [0.2, 0.25) is 0 Å². The zero-order valence-electron chi connectivity index (χ0n) is 15.2. The molecular formula is C19H24ClN5O. The van der Waals surface area contributed by atoms with E-state index in [0.717, 1.165) is 37.4 Å². The van der Waals surface area contributed by atoms with E-state index in [9.17, 15) is 4.79 Å². The maximum absolute atomic E-state index is 11.6. The van der Waals surface area contributed by atoms with Gasteiger partial charge in [0.15, 0.2) is 5.82 Å². The number of hydrogen-bond donors (Lipinski definition) is 0. The van der Waals surface area contributed by atoms with Crippen molar-refractivity contribution in [2.75, 3.05) is 39.6 Å². The van der Waals surface area contributed by atoms with Crippen LogP contribution in [0.1, 0.15) is 12.0 Å². The van der Waals surface area contributed by atoms with Gasteiger partial charge < -0.3 is 9.80 Å². The molecule has 6 nitrogen and oxygen atoms in total. The van der Waals surface area contributed by atoms with Gasteiger partial charge in [-0.05, 0) is 31.7 Å². The van der Waals surface area contributed by atoms with Gasteiger partial charge in [0.2, 0.25) is 5.91 Å². The van der Waals surface area contributed by atoms with E-state index in [0.29, 0.717) is 6.54 Å². The fourth-order valence-electron chi connectivity index (χ4n) is 2.91. The lowest BCUT2D eigenvalue weighted by atomic mass is 9.98. The van der Waals surface area contributed by atoms with Crippen LogP contribution in [0.25, 0.3) is 17.0 Å². The number of rotatable bonds is 6. The van der Waals surface area contributed by atoms with Crippen LogP contribution in [-0.2, 0) is 11.3 Å². The number of aromatic nitrogens is 3. The van der Waals surface area contributed by atoms with Crippen molar-refractivity contribution in [3.63, 3.8) is 0 Å². The Balaban J connectivity index is 1.66. The van der Waals surface area contributed by atoms with E-state index in [-0.39, 0.29) is 11.8 Å². The molecule has 1 amide bonds. The summed E-state index contributed by atoms with van der Waals surface area (Å²) in [5.41, 5.74) is 3.45. The van der Waals surface area contributed by atoms with Gasteiger partial charge in [0.1, 0.15) is 12.2 Å². The normalized spacial score (nSPS) is 14.6. The number of hydrogen-bond acceptors (Lipinski definition) is 4. The molecule has 0 saturated carbocycles. The van der Waals surface area contributed by atoms with Crippen LogP contribution in [-0.4, -0.2) is 70.1 Å². The Morgan fingerprint density at radius 3 is 2.58 bits per heavy atom. The maximum atomic E-state index is 11.6. The predicted octanol–water partition coefficient (Wildman–Crippen LogP) is 2.36. The molecule has 0 N–H and O–H groups in total. The second-order valence-electron chi connectivity index (χ2n) is 6.66. The first-order valence-corrected chi connectivity index (χ1v) is 9.28. The Bertz CT molecular complexity index is 781. The molecule has 0 radical (unpaired) electrons. The molecule has 3 rings (SSSR count). The lowest BCUT2D eigenvalue weighted by Crippen LogP contribution is -2.35. The molecule has 26 heavy (non-hydrogen) atoms. The smallest absolute Gasteiger partial charge is 0.237 e. The summed E-state index contributed by atoms with van der Waals surface area (Å²) in [6, 6.07) is 8.30. The highest BCUT2D eigenvalue weighted by Crippen LogP contribution is 2.25. The van der Waals surface area contributed by atoms with E-state index in [1.807, 2.05) is 18.8 Å². The van der Waals surface area contributed by atoms with Gasteiger partial charge in [0, 0.05) is 25.2 Å². The first-order valence-electron chi connectivity index (χ1n) is 8.74. The summed E-state index contributed by atoms with van der Waals surface area (Å²) >= 11 is 5.62. The van der Waals surface area contributed by atoms with E-state index in [1.54, 1.807) is 11.2 Å². The molecule has 1 aromatic heterocycles. The highest BCUT2D eigenvalue weighted by Gasteiger charge is 2.17. The van der Waals surface area contributed by atoms with Crippen molar-refractivity contribution in [3.8, 4) is 11.4 Å². The van der Waals surface area contributed by atoms with Gasteiger partial charge in [-0.3, -0.25) is 9.48 Å². The van der Waals surface area contributed by atoms with Gasteiger partial charge in [0.05, 0.1) is 6.54 Å². The third-order valence-electron chi connectivity index (χ3n) is 4.50. The summed E-state index contributed by atoms with van der Waals surface area (Å²) in [6.07, 6.45) is 4.73. The summed E-state index contributed by atoms with van der Waals surface area (Å²) in [7, 11) is 4.09. The fraction of sp³-hybridized carbons (Fsp3) is 0.421.